The summed E-state index contributed by atoms with van der Waals surface area (Å²) in [6.45, 7) is -1.45. The maximum Gasteiger partial charge on any atom is 0.422 e. The molecule has 4 rings (SSSR count). The molecule has 2 aromatic heterocycles. The molecule has 37 heavy (non-hydrogen) atoms. The largest absolute Gasteiger partial charge is 0.493 e. The van der Waals surface area contributed by atoms with Gasteiger partial charge in [0.15, 0.2) is 18.1 Å². The van der Waals surface area contributed by atoms with Crippen molar-refractivity contribution in [3.63, 3.8) is 0 Å². The van der Waals surface area contributed by atoms with E-state index in [1.54, 1.807) is 42.5 Å². The molecule has 8 nitrogen and oxygen atoms in total. The van der Waals surface area contributed by atoms with Crippen LogP contribution in [0.1, 0.15) is 5.56 Å². The maximum atomic E-state index is 12.6. The van der Waals surface area contributed by atoms with Crippen LogP contribution in [-0.4, -0.2) is 40.8 Å². The molecule has 0 saturated carbocycles. The normalized spacial score (nSPS) is 11.5. The lowest BCUT2D eigenvalue weighted by molar-refractivity contribution is -0.153. The average molecular weight is 530 g/mol. The van der Waals surface area contributed by atoms with E-state index in [-0.39, 0.29) is 17.4 Å². The molecule has 0 saturated heterocycles. The van der Waals surface area contributed by atoms with Crippen molar-refractivity contribution in [2.75, 3.05) is 24.4 Å². The third-order valence-corrected chi connectivity index (χ3v) is 5.13. The molecule has 0 aliphatic heterocycles. The monoisotopic (exact) mass is 529 g/mol. The van der Waals surface area contributed by atoms with Crippen LogP contribution in [0.3, 0.4) is 0 Å². The fourth-order valence-corrected chi connectivity index (χ4v) is 3.33. The molecule has 0 bridgehead atoms. The Labute approximate surface area is 214 Å². The van der Waals surface area contributed by atoms with Gasteiger partial charge >= 0.3 is 6.18 Å². The van der Waals surface area contributed by atoms with Crippen LogP contribution in [-0.2, 0) is 4.79 Å². The van der Waals surface area contributed by atoms with E-state index in [4.69, 9.17) is 21.1 Å². The number of hydrogen-bond acceptors (Lipinski definition) is 7. The van der Waals surface area contributed by atoms with Crippen molar-refractivity contribution in [3.8, 4) is 11.5 Å². The first-order valence-electron chi connectivity index (χ1n) is 10.7. The highest BCUT2D eigenvalue weighted by Crippen LogP contribution is 2.35. The summed E-state index contributed by atoms with van der Waals surface area (Å²) in [5, 5.41) is 6.69. The van der Waals surface area contributed by atoms with Crippen molar-refractivity contribution < 1.29 is 27.4 Å². The maximum absolute atomic E-state index is 12.6. The number of nitrogens with zero attached hydrogens (tertiary/aromatic N) is 3. The van der Waals surface area contributed by atoms with Crippen molar-refractivity contribution in [3.05, 3.63) is 77.8 Å². The van der Waals surface area contributed by atoms with Gasteiger partial charge in [-0.3, -0.25) is 4.79 Å². The van der Waals surface area contributed by atoms with Gasteiger partial charge in [-0.25, -0.2) is 15.0 Å². The number of halogens is 4. The second kappa shape index (κ2) is 11.1. The zero-order chi connectivity index (χ0) is 26.4. The first-order chi connectivity index (χ1) is 17.7. The van der Waals surface area contributed by atoms with Gasteiger partial charge in [0.2, 0.25) is 5.91 Å². The number of amides is 1. The molecular weight excluding hydrogens is 511 g/mol. The van der Waals surface area contributed by atoms with Crippen molar-refractivity contribution in [2.24, 2.45) is 0 Å². The van der Waals surface area contributed by atoms with Crippen LogP contribution in [0.2, 0.25) is 5.15 Å². The van der Waals surface area contributed by atoms with Gasteiger partial charge in [0.05, 0.1) is 24.5 Å². The van der Waals surface area contributed by atoms with Gasteiger partial charge in [-0.15, -0.1) is 0 Å². The third kappa shape index (κ3) is 7.07. The second-order valence-electron chi connectivity index (χ2n) is 7.59. The quantitative estimate of drug-likeness (QED) is 0.213. The molecule has 2 heterocycles. The molecule has 0 fully saturated rings. The van der Waals surface area contributed by atoms with E-state index < -0.39 is 12.8 Å². The standard InChI is InChI=1S/C25H19ClF3N5O3/c1-36-20-10-18-19(11-21(20)37-13-25(27,28)29)31-14-32-24(18)34-16-5-2-15(3-6-16)4-9-23(35)33-17-7-8-22(26)30-12-17/h2-12,14H,13H2,1H3,(H,33,35)(H,31,32,34)/b9-4+. The van der Waals surface area contributed by atoms with Crippen molar-refractivity contribution in [1.82, 2.24) is 15.0 Å². The van der Waals surface area contributed by atoms with Gasteiger partial charge in [-0.1, -0.05) is 23.7 Å². The highest BCUT2D eigenvalue weighted by atomic mass is 35.5. The van der Waals surface area contributed by atoms with Crippen LogP contribution in [0.15, 0.2) is 67.1 Å². The number of nitrogens with one attached hydrogen (secondary N) is 2. The van der Waals surface area contributed by atoms with Crippen LogP contribution in [0, 0.1) is 0 Å². The molecule has 0 spiro atoms. The molecule has 190 valence electrons. The Morgan fingerprint density at radius 1 is 1.03 bits per heavy atom. The second-order valence-corrected chi connectivity index (χ2v) is 7.97. The molecule has 12 heteroatoms. The number of methoxy groups -OCH3 is 1. The van der Waals surface area contributed by atoms with E-state index in [1.807, 2.05) is 0 Å². The molecule has 4 aromatic rings. The Bertz CT molecular complexity index is 1430. The molecular formula is C25H19ClF3N5O3. The van der Waals surface area contributed by atoms with Gasteiger partial charge in [0.25, 0.3) is 0 Å². The fourth-order valence-electron chi connectivity index (χ4n) is 3.22. The van der Waals surface area contributed by atoms with E-state index in [1.165, 1.54) is 37.8 Å². The average Bonchev–Trinajstić information content (AvgIpc) is 2.87. The molecule has 0 atom stereocenters. The molecule has 2 aromatic carbocycles. The van der Waals surface area contributed by atoms with E-state index in [2.05, 4.69) is 25.6 Å². The summed E-state index contributed by atoms with van der Waals surface area (Å²) < 4.78 is 47.8. The number of carbonyl (C=O) groups is 1. The number of fused-ring (bicyclic) bond motifs is 1. The Morgan fingerprint density at radius 3 is 2.46 bits per heavy atom. The lowest BCUT2D eigenvalue weighted by Crippen LogP contribution is -2.19. The summed E-state index contributed by atoms with van der Waals surface area (Å²) in [7, 11) is 1.33. The zero-order valence-corrected chi connectivity index (χ0v) is 20.0. The molecule has 1 amide bonds. The zero-order valence-electron chi connectivity index (χ0n) is 19.2. The molecule has 0 radical (unpaired) electrons. The molecule has 2 N–H and O–H groups in total. The molecule has 0 aliphatic rings. The predicted molar refractivity (Wildman–Crippen MR) is 134 cm³/mol. The number of carbonyl (C=O) groups excluding carboxylic acids is 1. The Kier molecular flexibility index (Phi) is 7.73. The Hall–Kier alpha value is -4.38. The summed E-state index contributed by atoms with van der Waals surface area (Å²) in [6, 6.07) is 13.3. The number of ether oxygens (including phenoxy) is 2. The smallest absolute Gasteiger partial charge is 0.422 e. The number of hydrogen-bond donors (Lipinski definition) is 2. The molecule has 0 aliphatic carbocycles. The summed E-state index contributed by atoms with van der Waals surface area (Å²) in [4.78, 5) is 24.4. The van der Waals surface area contributed by atoms with Crippen LogP contribution >= 0.6 is 11.6 Å². The summed E-state index contributed by atoms with van der Waals surface area (Å²) in [5.74, 6) is 0.128. The van der Waals surface area contributed by atoms with Crippen LogP contribution in [0.5, 0.6) is 11.5 Å². The van der Waals surface area contributed by atoms with Crippen molar-refractivity contribution in [2.45, 2.75) is 6.18 Å². The van der Waals surface area contributed by atoms with Gasteiger partial charge in [-0.2, -0.15) is 13.2 Å². The van der Waals surface area contributed by atoms with Crippen molar-refractivity contribution in [1.29, 1.82) is 0 Å². The summed E-state index contributed by atoms with van der Waals surface area (Å²) in [6.07, 6.45) is 1.29. The SMILES string of the molecule is COc1cc2c(Nc3ccc(/C=C/C(=O)Nc4ccc(Cl)nc4)cc3)ncnc2cc1OCC(F)(F)F. The van der Waals surface area contributed by atoms with E-state index in [0.29, 0.717) is 33.2 Å². The number of alkyl halides is 3. The first-order valence-corrected chi connectivity index (χ1v) is 11.1. The highest BCUT2D eigenvalue weighted by molar-refractivity contribution is 6.29. The van der Waals surface area contributed by atoms with E-state index >= 15 is 0 Å². The van der Waals surface area contributed by atoms with Gasteiger partial charge in [-0.05, 0) is 42.0 Å². The topological polar surface area (TPSA) is 98.3 Å². The minimum atomic E-state index is -4.49. The fraction of sp³-hybridized carbons (Fsp3) is 0.120. The van der Waals surface area contributed by atoms with Crippen LogP contribution in [0.4, 0.5) is 30.4 Å². The molecule has 0 unspecified atom stereocenters. The highest BCUT2D eigenvalue weighted by Gasteiger charge is 2.29. The van der Waals surface area contributed by atoms with E-state index in [9.17, 15) is 18.0 Å². The number of anilines is 3. The lowest BCUT2D eigenvalue weighted by Gasteiger charge is -2.14. The van der Waals surface area contributed by atoms with Gasteiger partial charge in [0.1, 0.15) is 17.3 Å². The lowest BCUT2D eigenvalue weighted by atomic mass is 10.1. The number of pyridine rings is 1. The number of aromatic nitrogens is 3. The Balaban J connectivity index is 1.46. The Morgan fingerprint density at radius 2 is 1.78 bits per heavy atom. The predicted octanol–water partition coefficient (Wildman–Crippen LogP) is 6.02. The summed E-state index contributed by atoms with van der Waals surface area (Å²) in [5.41, 5.74) is 2.35. The summed E-state index contributed by atoms with van der Waals surface area (Å²) >= 11 is 5.73. The van der Waals surface area contributed by atoms with Crippen LogP contribution < -0.4 is 20.1 Å². The van der Waals surface area contributed by atoms with Crippen LogP contribution in [0.25, 0.3) is 17.0 Å². The number of benzene rings is 2. The van der Waals surface area contributed by atoms with Gasteiger partial charge < -0.3 is 20.1 Å². The minimum Gasteiger partial charge on any atom is -0.493 e. The minimum absolute atomic E-state index is 0.0792. The van der Waals surface area contributed by atoms with Gasteiger partial charge in [0, 0.05) is 23.2 Å². The first kappa shape index (κ1) is 25.7. The van der Waals surface area contributed by atoms with Crippen molar-refractivity contribution >= 4 is 51.7 Å². The van der Waals surface area contributed by atoms with E-state index in [0.717, 1.165) is 5.56 Å². The number of rotatable bonds is 8. The third-order valence-electron chi connectivity index (χ3n) is 4.91.